The average Bonchev–Trinajstić information content (AvgIpc) is 2.91. The number of hydrogen-bond donors (Lipinski definition) is 2. The number of thiocarbonyl (C=S) groups is 1. The Bertz CT molecular complexity index is 419. The molecule has 0 heterocycles. The van der Waals surface area contributed by atoms with Gasteiger partial charge in [-0.05, 0) is 36.5 Å². The van der Waals surface area contributed by atoms with Crippen LogP contribution >= 0.6 is 12.2 Å². The second kappa shape index (κ2) is 4.37. The molecule has 1 aromatic rings. The van der Waals surface area contributed by atoms with E-state index in [1.165, 1.54) is 12.5 Å². The number of nitrogens with two attached hydrogens (primary N) is 1. The number of benzene rings is 1. The van der Waals surface area contributed by atoms with Crippen LogP contribution in [0.1, 0.15) is 18.9 Å². The van der Waals surface area contributed by atoms with E-state index < -0.39 is 0 Å². The molecule has 0 aromatic heterocycles. The van der Waals surface area contributed by atoms with Crippen molar-refractivity contribution >= 4 is 22.9 Å². The van der Waals surface area contributed by atoms with Gasteiger partial charge in [0.2, 0.25) is 0 Å². The van der Waals surface area contributed by atoms with E-state index in [4.69, 9.17) is 18.0 Å². The molecule has 0 bridgehead atoms. The second-order valence-corrected chi connectivity index (χ2v) is 4.85. The Hall–Kier alpha value is -1.16. The highest BCUT2D eigenvalue weighted by atomic mass is 32.1. The van der Waals surface area contributed by atoms with E-state index in [0.717, 1.165) is 24.1 Å². The number of halogens is 1. The van der Waals surface area contributed by atoms with Crippen molar-refractivity contribution in [2.45, 2.75) is 13.3 Å². The van der Waals surface area contributed by atoms with Gasteiger partial charge in [0.1, 0.15) is 10.8 Å². The first-order valence-electron chi connectivity index (χ1n) is 5.41. The smallest absolute Gasteiger partial charge is 0.135 e. The van der Waals surface area contributed by atoms with E-state index in [1.807, 2.05) is 6.07 Å². The molecule has 86 valence electrons. The monoisotopic (exact) mass is 238 g/mol. The Morgan fingerprint density at radius 1 is 1.62 bits per heavy atom. The standard InChI is InChI=1S/C12H15FN2S/c1-7-4-8(7)6-15-9-2-3-10(12(14)16)11(13)5-9/h2-3,5,7-8,15H,4,6H2,1H3,(H2,14,16). The summed E-state index contributed by atoms with van der Waals surface area (Å²) in [5.74, 6) is 1.17. The quantitative estimate of drug-likeness (QED) is 0.792. The highest BCUT2D eigenvalue weighted by Crippen LogP contribution is 2.37. The Balaban J connectivity index is 2.00. The fourth-order valence-electron chi connectivity index (χ4n) is 1.76. The van der Waals surface area contributed by atoms with Crippen LogP contribution in [0.25, 0.3) is 0 Å². The van der Waals surface area contributed by atoms with Crippen LogP contribution in [-0.4, -0.2) is 11.5 Å². The van der Waals surface area contributed by atoms with E-state index >= 15 is 0 Å². The Labute approximate surface area is 100 Å². The van der Waals surface area contributed by atoms with E-state index in [-0.39, 0.29) is 10.8 Å². The molecular formula is C12H15FN2S. The zero-order chi connectivity index (χ0) is 11.7. The molecule has 16 heavy (non-hydrogen) atoms. The highest BCUT2D eigenvalue weighted by Gasteiger charge is 2.31. The third-order valence-corrected chi connectivity index (χ3v) is 3.30. The maximum absolute atomic E-state index is 13.5. The van der Waals surface area contributed by atoms with Crippen LogP contribution < -0.4 is 11.1 Å². The summed E-state index contributed by atoms with van der Waals surface area (Å²) in [5, 5.41) is 3.22. The SMILES string of the molecule is CC1CC1CNc1ccc(C(N)=S)c(F)c1. The fraction of sp³-hybridized carbons (Fsp3) is 0.417. The van der Waals surface area contributed by atoms with Crippen LogP contribution in [-0.2, 0) is 0 Å². The molecule has 1 fully saturated rings. The van der Waals surface area contributed by atoms with Gasteiger partial charge in [0, 0.05) is 17.8 Å². The average molecular weight is 238 g/mol. The third kappa shape index (κ3) is 2.50. The minimum Gasteiger partial charge on any atom is -0.389 e. The molecule has 3 N–H and O–H groups in total. The van der Waals surface area contributed by atoms with Gasteiger partial charge in [-0.15, -0.1) is 0 Å². The van der Waals surface area contributed by atoms with Crippen LogP contribution in [0.2, 0.25) is 0 Å². The lowest BCUT2D eigenvalue weighted by atomic mass is 10.2. The summed E-state index contributed by atoms with van der Waals surface area (Å²) in [6, 6.07) is 4.88. The molecule has 2 nitrogen and oxygen atoms in total. The third-order valence-electron chi connectivity index (χ3n) is 3.08. The Morgan fingerprint density at radius 2 is 2.31 bits per heavy atom. The highest BCUT2D eigenvalue weighted by molar-refractivity contribution is 7.80. The van der Waals surface area contributed by atoms with Gasteiger partial charge >= 0.3 is 0 Å². The van der Waals surface area contributed by atoms with Gasteiger partial charge in [-0.2, -0.15) is 0 Å². The molecule has 4 heteroatoms. The van der Waals surface area contributed by atoms with Crippen molar-refractivity contribution in [3.05, 3.63) is 29.6 Å². The molecule has 2 atom stereocenters. The van der Waals surface area contributed by atoms with Crippen molar-refractivity contribution in [2.75, 3.05) is 11.9 Å². The molecule has 2 rings (SSSR count). The molecule has 1 aliphatic rings. The van der Waals surface area contributed by atoms with Crippen molar-refractivity contribution in [1.29, 1.82) is 0 Å². The molecular weight excluding hydrogens is 223 g/mol. The van der Waals surface area contributed by atoms with E-state index in [9.17, 15) is 4.39 Å². The van der Waals surface area contributed by atoms with Gasteiger partial charge in [-0.3, -0.25) is 0 Å². The first-order chi connectivity index (χ1) is 7.58. The number of nitrogens with one attached hydrogen (secondary N) is 1. The van der Waals surface area contributed by atoms with Crippen molar-refractivity contribution < 1.29 is 4.39 Å². The van der Waals surface area contributed by atoms with Gasteiger partial charge in [0.05, 0.1) is 0 Å². The maximum Gasteiger partial charge on any atom is 0.135 e. The lowest BCUT2D eigenvalue weighted by Gasteiger charge is -2.07. The first kappa shape index (κ1) is 11.3. The first-order valence-corrected chi connectivity index (χ1v) is 5.82. The van der Waals surface area contributed by atoms with Crippen LogP contribution in [0, 0.1) is 17.7 Å². The molecule has 1 aliphatic carbocycles. The summed E-state index contributed by atoms with van der Waals surface area (Å²) < 4.78 is 13.5. The van der Waals surface area contributed by atoms with Crippen molar-refractivity contribution in [1.82, 2.24) is 0 Å². The number of anilines is 1. The van der Waals surface area contributed by atoms with Gasteiger partial charge in [-0.25, -0.2) is 4.39 Å². The van der Waals surface area contributed by atoms with Gasteiger partial charge in [0.25, 0.3) is 0 Å². The largest absolute Gasteiger partial charge is 0.389 e. The van der Waals surface area contributed by atoms with Crippen LogP contribution in [0.3, 0.4) is 0 Å². The molecule has 1 aromatic carbocycles. The topological polar surface area (TPSA) is 38.0 Å². The van der Waals surface area contributed by atoms with Gasteiger partial charge in [0.15, 0.2) is 0 Å². The summed E-state index contributed by atoms with van der Waals surface area (Å²) in [5.41, 5.74) is 6.48. The molecule has 0 aliphatic heterocycles. The van der Waals surface area contributed by atoms with Crippen LogP contribution in [0.15, 0.2) is 18.2 Å². The van der Waals surface area contributed by atoms with E-state index in [1.54, 1.807) is 6.07 Å². The molecule has 0 radical (unpaired) electrons. The zero-order valence-electron chi connectivity index (χ0n) is 9.16. The Kier molecular flexibility index (Phi) is 3.10. The lowest BCUT2D eigenvalue weighted by Crippen LogP contribution is -2.12. The minimum absolute atomic E-state index is 0.0971. The lowest BCUT2D eigenvalue weighted by molar-refractivity contribution is 0.625. The van der Waals surface area contributed by atoms with Crippen LogP contribution in [0.5, 0.6) is 0 Å². The molecule has 0 saturated heterocycles. The van der Waals surface area contributed by atoms with Crippen molar-refractivity contribution in [3.8, 4) is 0 Å². The Morgan fingerprint density at radius 3 is 2.81 bits per heavy atom. The normalized spacial score (nSPS) is 22.9. The van der Waals surface area contributed by atoms with E-state index in [2.05, 4.69) is 12.2 Å². The summed E-state index contributed by atoms with van der Waals surface area (Å²) in [4.78, 5) is 0.0971. The zero-order valence-corrected chi connectivity index (χ0v) is 9.98. The van der Waals surface area contributed by atoms with Gasteiger partial charge in [-0.1, -0.05) is 19.1 Å². The van der Waals surface area contributed by atoms with Crippen molar-refractivity contribution in [2.24, 2.45) is 17.6 Å². The molecule has 1 saturated carbocycles. The maximum atomic E-state index is 13.5. The summed E-state index contributed by atoms with van der Waals surface area (Å²) in [6.07, 6.45) is 1.26. The van der Waals surface area contributed by atoms with Crippen LogP contribution in [0.4, 0.5) is 10.1 Å². The second-order valence-electron chi connectivity index (χ2n) is 4.41. The minimum atomic E-state index is -0.360. The fourth-order valence-corrected chi connectivity index (χ4v) is 1.92. The number of hydrogen-bond acceptors (Lipinski definition) is 2. The molecule has 2 unspecified atom stereocenters. The molecule has 0 amide bonds. The number of rotatable bonds is 4. The summed E-state index contributed by atoms with van der Waals surface area (Å²) in [6.45, 7) is 3.13. The molecule has 0 spiro atoms. The summed E-state index contributed by atoms with van der Waals surface area (Å²) in [7, 11) is 0. The van der Waals surface area contributed by atoms with E-state index in [0.29, 0.717) is 5.56 Å². The van der Waals surface area contributed by atoms with Gasteiger partial charge < -0.3 is 11.1 Å². The summed E-state index contributed by atoms with van der Waals surface area (Å²) >= 11 is 4.74. The predicted molar refractivity (Wildman–Crippen MR) is 68.0 cm³/mol. The predicted octanol–water partition coefficient (Wildman–Crippen LogP) is 2.53. The van der Waals surface area contributed by atoms with Crippen molar-refractivity contribution in [3.63, 3.8) is 0 Å².